The minimum Gasteiger partial charge on any atom is -0.292 e. The topological polar surface area (TPSA) is 74.8 Å². The maximum Gasteiger partial charge on any atom is 0.334 e. The summed E-state index contributed by atoms with van der Waals surface area (Å²) in [6, 6.07) is 1.21. The van der Waals surface area contributed by atoms with Crippen molar-refractivity contribution >= 4 is 23.6 Å². The van der Waals surface area contributed by atoms with E-state index in [0.29, 0.717) is 12.0 Å². The molecule has 6 nitrogen and oxygen atoms in total. The number of benzene rings is 1. The molecule has 0 aliphatic carbocycles. The third kappa shape index (κ3) is 2.84. The molecule has 0 atom stereocenters. The van der Waals surface area contributed by atoms with Crippen molar-refractivity contribution < 1.29 is 19.2 Å². The van der Waals surface area contributed by atoms with Crippen LogP contribution in [0.2, 0.25) is 0 Å². The highest BCUT2D eigenvalue weighted by atomic mass is 16.2. The molecule has 1 heterocycles. The van der Waals surface area contributed by atoms with Crippen molar-refractivity contribution in [1.82, 2.24) is 9.80 Å². The van der Waals surface area contributed by atoms with Crippen molar-refractivity contribution in [2.24, 2.45) is 0 Å². The Balaban J connectivity index is 2.31. The Hall–Kier alpha value is -2.50. The molecule has 6 heteroatoms. The molecule has 128 valence electrons. The van der Waals surface area contributed by atoms with Gasteiger partial charge in [0.05, 0.1) is 6.54 Å². The van der Waals surface area contributed by atoms with Gasteiger partial charge in [-0.15, -0.1) is 0 Å². The zero-order chi connectivity index (χ0) is 18.2. The third-order valence-corrected chi connectivity index (χ3v) is 4.52. The number of rotatable bonds is 5. The van der Waals surface area contributed by atoms with Crippen molar-refractivity contribution in [2.75, 3.05) is 13.1 Å². The average Bonchev–Trinajstić information content (AvgIpc) is 2.71. The maximum atomic E-state index is 12.7. The molecule has 1 saturated heterocycles. The quantitative estimate of drug-likeness (QED) is 0.472. The van der Waals surface area contributed by atoms with Crippen LogP contribution in [0.1, 0.15) is 46.0 Å². The monoisotopic (exact) mass is 330 g/mol. The number of Topliss-reactive ketones (excluding diaryl/α,β-unsaturated/α-hetero) is 1. The van der Waals surface area contributed by atoms with Crippen LogP contribution in [0, 0.1) is 27.7 Å². The fourth-order valence-corrected chi connectivity index (χ4v) is 3.05. The SMILES string of the molecule is CCCN1C(=O)C(=O)N(CC(=O)c2c(C)cc(C)c(C)c2C)C1=O. The Morgan fingerprint density at radius 1 is 0.917 bits per heavy atom. The zero-order valence-electron chi connectivity index (χ0n) is 14.7. The van der Waals surface area contributed by atoms with E-state index in [4.69, 9.17) is 0 Å². The van der Waals surface area contributed by atoms with E-state index in [0.717, 1.165) is 32.1 Å². The van der Waals surface area contributed by atoms with Gasteiger partial charge in [0.1, 0.15) is 0 Å². The van der Waals surface area contributed by atoms with Crippen LogP contribution in [0.5, 0.6) is 0 Å². The lowest BCUT2D eigenvalue weighted by molar-refractivity contribution is -0.143. The van der Waals surface area contributed by atoms with E-state index in [1.165, 1.54) is 0 Å². The summed E-state index contributed by atoms with van der Waals surface area (Å²) in [5, 5.41) is 0. The largest absolute Gasteiger partial charge is 0.334 e. The Kier molecular flexibility index (Phi) is 4.87. The number of imide groups is 2. The first kappa shape index (κ1) is 17.8. The van der Waals surface area contributed by atoms with Crippen LogP contribution in [-0.4, -0.2) is 46.5 Å². The van der Waals surface area contributed by atoms with Crippen LogP contribution in [0.3, 0.4) is 0 Å². The van der Waals surface area contributed by atoms with Crippen LogP contribution >= 0.6 is 0 Å². The molecule has 0 spiro atoms. The van der Waals surface area contributed by atoms with E-state index in [1.807, 2.05) is 33.8 Å². The molecule has 1 aliphatic heterocycles. The summed E-state index contributed by atoms with van der Waals surface area (Å²) < 4.78 is 0. The number of ketones is 1. The number of carbonyl (C=O) groups is 4. The lowest BCUT2D eigenvalue weighted by Gasteiger charge is -2.17. The summed E-state index contributed by atoms with van der Waals surface area (Å²) in [5.41, 5.74) is 4.25. The molecule has 1 fully saturated rings. The number of hydrogen-bond donors (Lipinski definition) is 0. The Labute approximate surface area is 141 Å². The molecule has 2 rings (SSSR count). The highest BCUT2D eigenvalue weighted by molar-refractivity contribution is 6.45. The molecule has 24 heavy (non-hydrogen) atoms. The molecular formula is C18H22N2O4. The van der Waals surface area contributed by atoms with E-state index in [2.05, 4.69) is 0 Å². The van der Waals surface area contributed by atoms with Crippen molar-refractivity contribution in [3.8, 4) is 0 Å². The first-order valence-electron chi connectivity index (χ1n) is 7.98. The Bertz CT molecular complexity index is 752. The minimum atomic E-state index is -0.930. The minimum absolute atomic E-state index is 0.176. The van der Waals surface area contributed by atoms with Gasteiger partial charge in [0, 0.05) is 12.1 Å². The van der Waals surface area contributed by atoms with Crippen LogP contribution in [0.25, 0.3) is 0 Å². The van der Waals surface area contributed by atoms with Gasteiger partial charge in [-0.05, 0) is 56.4 Å². The van der Waals surface area contributed by atoms with E-state index < -0.39 is 24.4 Å². The summed E-state index contributed by atoms with van der Waals surface area (Å²) in [7, 11) is 0. The predicted molar refractivity (Wildman–Crippen MR) is 88.8 cm³/mol. The second kappa shape index (κ2) is 6.55. The molecule has 0 N–H and O–H groups in total. The molecule has 0 unspecified atom stereocenters. The number of nitrogens with zero attached hydrogens (tertiary/aromatic N) is 2. The molecular weight excluding hydrogens is 308 g/mol. The zero-order valence-corrected chi connectivity index (χ0v) is 14.7. The van der Waals surface area contributed by atoms with Gasteiger partial charge in [-0.3, -0.25) is 19.3 Å². The predicted octanol–water partition coefficient (Wildman–Crippen LogP) is 2.30. The fraction of sp³-hybridized carbons (Fsp3) is 0.444. The standard InChI is InChI=1S/C18H22N2O4/c1-6-7-19-16(22)17(23)20(18(19)24)9-14(21)15-11(3)8-10(2)12(4)13(15)5/h8H,6-7,9H2,1-5H3. The highest BCUT2D eigenvalue weighted by Gasteiger charge is 2.44. The lowest BCUT2D eigenvalue weighted by Crippen LogP contribution is -2.37. The molecule has 0 radical (unpaired) electrons. The van der Waals surface area contributed by atoms with Crippen LogP contribution in [-0.2, 0) is 9.59 Å². The van der Waals surface area contributed by atoms with Crippen LogP contribution < -0.4 is 0 Å². The maximum absolute atomic E-state index is 12.7. The number of aryl methyl sites for hydroxylation is 2. The fourth-order valence-electron chi connectivity index (χ4n) is 3.05. The van der Waals surface area contributed by atoms with Crippen molar-refractivity contribution in [1.29, 1.82) is 0 Å². The van der Waals surface area contributed by atoms with Gasteiger partial charge in [-0.2, -0.15) is 0 Å². The summed E-state index contributed by atoms with van der Waals surface area (Å²) in [6.07, 6.45) is 0.557. The summed E-state index contributed by atoms with van der Waals surface area (Å²) in [4.78, 5) is 50.5. The van der Waals surface area contributed by atoms with Gasteiger partial charge in [-0.25, -0.2) is 9.69 Å². The average molecular weight is 330 g/mol. The van der Waals surface area contributed by atoms with Gasteiger partial charge in [0.25, 0.3) is 0 Å². The smallest absolute Gasteiger partial charge is 0.292 e. The molecule has 0 saturated carbocycles. The lowest BCUT2D eigenvalue weighted by atomic mass is 9.92. The summed E-state index contributed by atoms with van der Waals surface area (Å²) in [6.45, 7) is 9.15. The van der Waals surface area contributed by atoms with Crippen molar-refractivity contribution in [3.05, 3.63) is 33.9 Å². The third-order valence-electron chi connectivity index (χ3n) is 4.52. The van der Waals surface area contributed by atoms with Gasteiger partial charge in [0.15, 0.2) is 5.78 Å². The molecule has 1 aromatic carbocycles. The Morgan fingerprint density at radius 3 is 2.08 bits per heavy atom. The van der Waals surface area contributed by atoms with Crippen LogP contribution in [0.4, 0.5) is 4.79 Å². The molecule has 1 aliphatic rings. The Morgan fingerprint density at radius 2 is 1.50 bits per heavy atom. The molecule has 0 aromatic heterocycles. The second-order valence-corrected chi connectivity index (χ2v) is 6.19. The van der Waals surface area contributed by atoms with Crippen molar-refractivity contribution in [3.63, 3.8) is 0 Å². The summed E-state index contributed by atoms with van der Waals surface area (Å²) in [5.74, 6) is -2.12. The summed E-state index contributed by atoms with van der Waals surface area (Å²) >= 11 is 0. The van der Waals surface area contributed by atoms with E-state index in [9.17, 15) is 19.2 Å². The first-order valence-corrected chi connectivity index (χ1v) is 7.98. The van der Waals surface area contributed by atoms with Gasteiger partial charge < -0.3 is 0 Å². The van der Waals surface area contributed by atoms with Gasteiger partial charge >= 0.3 is 17.8 Å². The number of carbonyl (C=O) groups excluding carboxylic acids is 4. The normalized spacial score (nSPS) is 14.8. The number of hydrogen-bond acceptors (Lipinski definition) is 4. The van der Waals surface area contributed by atoms with Crippen LogP contribution in [0.15, 0.2) is 6.07 Å². The second-order valence-electron chi connectivity index (χ2n) is 6.19. The van der Waals surface area contributed by atoms with Gasteiger partial charge in [-0.1, -0.05) is 13.0 Å². The number of amides is 4. The molecule has 1 aromatic rings. The first-order chi connectivity index (χ1) is 11.2. The molecule has 4 amide bonds. The van der Waals surface area contributed by atoms with E-state index in [-0.39, 0.29) is 12.3 Å². The highest BCUT2D eigenvalue weighted by Crippen LogP contribution is 2.23. The van der Waals surface area contributed by atoms with E-state index >= 15 is 0 Å². The molecule has 0 bridgehead atoms. The van der Waals surface area contributed by atoms with E-state index in [1.54, 1.807) is 6.92 Å². The van der Waals surface area contributed by atoms with Gasteiger partial charge in [0.2, 0.25) is 0 Å². The number of urea groups is 1. The van der Waals surface area contributed by atoms with Crippen molar-refractivity contribution in [2.45, 2.75) is 41.0 Å².